The van der Waals surface area contributed by atoms with Gasteiger partial charge < -0.3 is 5.11 Å². The van der Waals surface area contributed by atoms with E-state index in [1.165, 1.54) is 23.9 Å². The van der Waals surface area contributed by atoms with Gasteiger partial charge in [-0.1, -0.05) is 0 Å². The van der Waals surface area contributed by atoms with Crippen molar-refractivity contribution in [3.8, 4) is 17.3 Å². The van der Waals surface area contributed by atoms with Crippen molar-refractivity contribution in [3.63, 3.8) is 0 Å². The molecule has 0 spiro atoms. The number of nitrogens with zero attached hydrogens (tertiary/aromatic N) is 3. The van der Waals surface area contributed by atoms with Gasteiger partial charge in [-0.05, 0) is 30.9 Å². The summed E-state index contributed by atoms with van der Waals surface area (Å²) in [6.45, 7) is 1.51. The van der Waals surface area contributed by atoms with Crippen LogP contribution in [0.15, 0.2) is 29.3 Å². The molecule has 0 saturated carbocycles. The van der Waals surface area contributed by atoms with Gasteiger partial charge in [-0.2, -0.15) is 5.26 Å². The molecule has 1 N–H and O–H groups in total. The number of hydrogen-bond acceptors (Lipinski definition) is 6. The SMILES string of the molecule is CSc1nc(-c2ccc([N+](=O)[O-])cc2)c(CO)c(C)c1C#N. The van der Waals surface area contributed by atoms with Gasteiger partial charge in [-0.3, -0.25) is 10.1 Å². The molecule has 0 bridgehead atoms. The van der Waals surface area contributed by atoms with Crippen molar-refractivity contribution in [2.24, 2.45) is 0 Å². The molecule has 0 fully saturated rings. The number of aliphatic hydroxyl groups is 1. The lowest BCUT2D eigenvalue weighted by atomic mass is 9.99. The summed E-state index contributed by atoms with van der Waals surface area (Å²) in [6, 6.07) is 8.08. The number of hydrogen-bond donors (Lipinski definition) is 1. The molecule has 22 heavy (non-hydrogen) atoms. The van der Waals surface area contributed by atoms with Gasteiger partial charge in [0.1, 0.15) is 11.1 Å². The van der Waals surface area contributed by atoms with Gasteiger partial charge in [0.2, 0.25) is 0 Å². The average molecular weight is 315 g/mol. The topological polar surface area (TPSA) is 100 Å². The van der Waals surface area contributed by atoms with E-state index in [0.29, 0.717) is 33.0 Å². The van der Waals surface area contributed by atoms with Crippen LogP contribution in [0.25, 0.3) is 11.3 Å². The molecular formula is C15H13N3O3S. The van der Waals surface area contributed by atoms with Crippen molar-refractivity contribution in [2.45, 2.75) is 18.6 Å². The van der Waals surface area contributed by atoms with Crippen molar-refractivity contribution in [3.05, 3.63) is 51.1 Å². The van der Waals surface area contributed by atoms with Crippen LogP contribution in [0.2, 0.25) is 0 Å². The maximum Gasteiger partial charge on any atom is 0.269 e. The van der Waals surface area contributed by atoms with Gasteiger partial charge in [0.05, 0.1) is 22.8 Å². The Labute approximate surface area is 131 Å². The fourth-order valence-corrected chi connectivity index (χ4v) is 2.75. The standard InChI is InChI=1S/C15H13N3O3S/c1-9-12(7-16)15(22-2)17-14(13(9)8-19)10-3-5-11(6-4-10)18(20)21/h3-6,19H,8H2,1-2H3. The number of rotatable bonds is 4. The molecule has 0 aliphatic carbocycles. The van der Waals surface area contributed by atoms with Crippen LogP contribution < -0.4 is 0 Å². The Morgan fingerprint density at radius 3 is 2.50 bits per heavy atom. The first-order valence-electron chi connectivity index (χ1n) is 6.36. The van der Waals surface area contributed by atoms with Crippen LogP contribution in [-0.2, 0) is 6.61 Å². The Morgan fingerprint density at radius 1 is 1.41 bits per heavy atom. The number of pyridine rings is 1. The van der Waals surface area contributed by atoms with E-state index in [1.807, 2.05) is 6.26 Å². The number of aromatic nitrogens is 1. The van der Waals surface area contributed by atoms with Crippen molar-refractivity contribution in [1.82, 2.24) is 4.98 Å². The first kappa shape index (κ1) is 15.9. The molecule has 0 atom stereocenters. The van der Waals surface area contributed by atoms with Crippen LogP contribution in [0, 0.1) is 28.4 Å². The lowest BCUT2D eigenvalue weighted by Crippen LogP contribution is -2.03. The van der Waals surface area contributed by atoms with E-state index in [9.17, 15) is 20.5 Å². The molecule has 0 amide bonds. The van der Waals surface area contributed by atoms with Crippen LogP contribution in [0.1, 0.15) is 16.7 Å². The quantitative estimate of drug-likeness (QED) is 0.529. The minimum absolute atomic E-state index is 0.00949. The predicted octanol–water partition coefficient (Wildman–Crippen LogP) is 3.05. The van der Waals surface area contributed by atoms with Crippen LogP contribution in [0.3, 0.4) is 0 Å². The summed E-state index contributed by atoms with van der Waals surface area (Å²) in [6.07, 6.45) is 1.82. The molecule has 1 aromatic carbocycles. The second kappa shape index (κ2) is 6.56. The highest BCUT2D eigenvalue weighted by Crippen LogP contribution is 2.32. The molecule has 0 radical (unpaired) electrons. The summed E-state index contributed by atoms with van der Waals surface area (Å²) in [5, 5.41) is 30.2. The lowest BCUT2D eigenvalue weighted by molar-refractivity contribution is -0.384. The number of nitro groups is 1. The number of aliphatic hydroxyl groups excluding tert-OH is 1. The van der Waals surface area contributed by atoms with Crippen LogP contribution in [-0.4, -0.2) is 21.3 Å². The van der Waals surface area contributed by atoms with Crippen molar-refractivity contribution >= 4 is 17.4 Å². The number of thioether (sulfide) groups is 1. The molecule has 2 rings (SSSR count). The number of nitriles is 1. The fraction of sp³-hybridized carbons (Fsp3) is 0.200. The normalized spacial score (nSPS) is 10.3. The minimum Gasteiger partial charge on any atom is -0.392 e. The number of benzene rings is 1. The molecule has 2 aromatic rings. The molecular weight excluding hydrogens is 302 g/mol. The Morgan fingerprint density at radius 2 is 2.05 bits per heavy atom. The lowest BCUT2D eigenvalue weighted by Gasteiger charge is -2.14. The summed E-state index contributed by atoms with van der Waals surface area (Å²) < 4.78 is 0. The van der Waals surface area contributed by atoms with Crippen LogP contribution in [0.5, 0.6) is 0 Å². The zero-order valence-corrected chi connectivity index (χ0v) is 12.8. The third-order valence-corrected chi connectivity index (χ3v) is 4.04. The smallest absolute Gasteiger partial charge is 0.269 e. The highest BCUT2D eigenvalue weighted by Gasteiger charge is 2.17. The first-order valence-corrected chi connectivity index (χ1v) is 7.59. The van der Waals surface area contributed by atoms with E-state index >= 15 is 0 Å². The van der Waals surface area contributed by atoms with Gasteiger partial charge in [0.15, 0.2) is 0 Å². The minimum atomic E-state index is -0.471. The monoisotopic (exact) mass is 315 g/mol. The van der Waals surface area contributed by atoms with Crippen LogP contribution >= 0.6 is 11.8 Å². The second-order valence-electron chi connectivity index (χ2n) is 4.52. The van der Waals surface area contributed by atoms with Crippen molar-refractivity contribution in [1.29, 1.82) is 5.26 Å². The molecule has 7 heteroatoms. The van der Waals surface area contributed by atoms with E-state index in [0.717, 1.165) is 0 Å². The largest absolute Gasteiger partial charge is 0.392 e. The van der Waals surface area contributed by atoms with E-state index in [1.54, 1.807) is 19.1 Å². The van der Waals surface area contributed by atoms with Crippen LogP contribution in [0.4, 0.5) is 5.69 Å². The van der Waals surface area contributed by atoms with Gasteiger partial charge in [0.25, 0.3) is 5.69 Å². The van der Waals surface area contributed by atoms with E-state index in [2.05, 4.69) is 11.1 Å². The molecule has 0 aliphatic rings. The highest BCUT2D eigenvalue weighted by atomic mass is 32.2. The van der Waals surface area contributed by atoms with Gasteiger partial charge in [-0.25, -0.2) is 4.98 Å². The maximum absolute atomic E-state index is 10.7. The van der Waals surface area contributed by atoms with Crippen molar-refractivity contribution in [2.75, 3.05) is 6.26 Å². The summed E-state index contributed by atoms with van der Waals surface area (Å²) in [5.74, 6) is 0. The van der Waals surface area contributed by atoms with Gasteiger partial charge in [-0.15, -0.1) is 11.8 Å². The molecule has 6 nitrogen and oxygen atoms in total. The molecule has 0 aliphatic heterocycles. The zero-order valence-electron chi connectivity index (χ0n) is 12.0. The van der Waals surface area contributed by atoms with E-state index < -0.39 is 4.92 Å². The summed E-state index contributed by atoms with van der Waals surface area (Å²) in [5.41, 5.74) is 2.88. The van der Waals surface area contributed by atoms with Gasteiger partial charge >= 0.3 is 0 Å². The highest BCUT2D eigenvalue weighted by molar-refractivity contribution is 7.98. The summed E-state index contributed by atoms with van der Waals surface area (Å²) >= 11 is 1.35. The Hall–Kier alpha value is -2.43. The zero-order chi connectivity index (χ0) is 16.3. The van der Waals surface area contributed by atoms with E-state index in [-0.39, 0.29) is 12.3 Å². The summed E-state index contributed by atoms with van der Waals surface area (Å²) in [4.78, 5) is 14.7. The molecule has 1 heterocycles. The fourth-order valence-electron chi connectivity index (χ4n) is 2.17. The third-order valence-electron chi connectivity index (χ3n) is 3.36. The van der Waals surface area contributed by atoms with E-state index in [4.69, 9.17) is 0 Å². The Bertz CT molecular complexity index is 767. The number of non-ortho nitro benzene ring substituents is 1. The summed E-state index contributed by atoms with van der Waals surface area (Å²) in [7, 11) is 0. The Balaban J connectivity index is 2.66. The molecule has 0 saturated heterocycles. The third kappa shape index (κ3) is 2.79. The van der Waals surface area contributed by atoms with Gasteiger partial charge in [0, 0.05) is 23.3 Å². The maximum atomic E-state index is 10.7. The second-order valence-corrected chi connectivity index (χ2v) is 5.32. The van der Waals surface area contributed by atoms with Crippen molar-refractivity contribution < 1.29 is 10.0 Å². The number of nitro benzene ring substituents is 1. The molecule has 1 aromatic heterocycles. The Kier molecular flexibility index (Phi) is 4.75. The average Bonchev–Trinajstić information content (AvgIpc) is 2.53. The first-order chi connectivity index (χ1) is 10.5. The molecule has 112 valence electrons. The predicted molar refractivity (Wildman–Crippen MR) is 83.5 cm³/mol. The molecule has 0 unspecified atom stereocenters.